The zero-order valence-electron chi connectivity index (χ0n) is 8.51. The monoisotopic (exact) mass is 255 g/mol. The van der Waals surface area contributed by atoms with Crippen LogP contribution in [0.5, 0.6) is 0 Å². The van der Waals surface area contributed by atoms with Crippen LogP contribution in [0.15, 0.2) is 18.2 Å². The number of hydrogen-bond donors (Lipinski definition) is 0. The van der Waals surface area contributed by atoms with E-state index in [2.05, 4.69) is 0 Å². The topological polar surface area (TPSA) is 3.24 Å². The van der Waals surface area contributed by atoms with Crippen molar-refractivity contribution in [3.05, 3.63) is 35.4 Å². The van der Waals surface area contributed by atoms with Crippen molar-refractivity contribution >= 4 is 24.0 Å². The van der Waals surface area contributed by atoms with Crippen molar-refractivity contribution in [3.8, 4) is 0 Å². The number of nitrogens with zero attached hydrogens (tertiary/aromatic N) is 1. The molecule has 0 aliphatic carbocycles. The molecule has 1 aromatic carbocycles. The van der Waals surface area contributed by atoms with Crippen molar-refractivity contribution in [1.29, 1.82) is 0 Å². The average Bonchev–Trinajstić information content (AvgIpc) is 2.08. The Morgan fingerprint density at radius 2 is 1.87 bits per heavy atom. The summed E-state index contributed by atoms with van der Waals surface area (Å²) >= 11 is 5.99. The number of rotatable bonds is 3. The quantitative estimate of drug-likeness (QED) is 0.750. The molecule has 1 atom stereocenters. The lowest BCUT2D eigenvalue weighted by Crippen LogP contribution is -2.17. The summed E-state index contributed by atoms with van der Waals surface area (Å²) in [5.41, 5.74) is 0.597. The van der Waals surface area contributed by atoms with Crippen molar-refractivity contribution in [2.75, 3.05) is 20.6 Å². The third-order valence-electron chi connectivity index (χ3n) is 1.83. The molecule has 0 bridgehead atoms. The van der Waals surface area contributed by atoms with E-state index in [9.17, 15) is 8.78 Å². The lowest BCUT2D eigenvalue weighted by molar-refractivity contribution is 0.407. The van der Waals surface area contributed by atoms with Crippen LogP contribution in [0.2, 0.25) is 0 Å². The molecule has 5 heteroatoms. The molecule has 0 saturated carbocycles. The molecule has 1 nitrogen and oxygen atoms in total. The smallest absolute Gasteiger partial charge is 0.159 e. The molecule has 0 aromatic heterocycles. The van der Waals surface area contributed by atoms with Gasteiger partial charge in [0.25, 0.3) is 0 Å². The SMILES string of the molecule is CN(C)CC(Cl)c1ccc(F)c(F)c1.Cl. The highest BCUT2D eigenvalue weighted by molar-refractivity contribution is 6.21. The standard InChI is InChI=1S/C10H12ClF2N.ClH/c1-14(2)6-8(11)7-3-4-9(12)10(13)5-7;/h3-5,8H,6H2,1-2H3;1H. The fourth-order valence-electron chi connectivity index (χ4n) is 1.13. The zero-order chi connectivity index (χ0) is 10.7. The van der Waals surface area contributed by atoms with Gasteiger partial charge >= 0.3 is 0 Å². The molecule has 15 heavy (non-hydrogen) atoms. The molecule has 86 valence electrons. The van der Waals surface area contributed by atoms with Gasteiger partial charge in [-0.2, -0.15) is 0 Å². The minimum atomic E-state index is -0.855. The second kappa shape index (κ2) is 6.26. The molecule has 0 N–H and O–H groups in total. The Hall–Kier alpha value is -0.380. The highest BCUT2D eigenvalue weighted by atomic mass is 35.5. The first-order chi connectivity index (χ1) is 6.50. The van der Waals surface area contributed by atoms with Crippen LogP contribution in [0.1, 0.15) is 10.9 Å². The van der Waals surface area contributed by atoms with E-state index in [0.717, 1.165) is 12.1 Å². The van der Waals surface area contributed by atoms with Gasteiger partial charge in [0.2, 0.25) is 0 Å². The Labute approximate surface area is 99.4 Å². The second-order valence-corrected chi connectivity index (χ2v) is 3.93. The molecule has 0 amide bonds. The van der Waals surface area contributed by atoms with E-state index in [0.29, 0.717) is 12.1 Å². The Kier molecular flexibility index (Phi) is 6.10. The summed E-state index contributed by atoms with van der Waals surface area (Å²) in [7, 11) is 3.74. The van der Waals surface area contributed by atoms with Gasteiger partial charge in [-0.1, -0.05) is 6.07 Å². The largest absolute Gasteiger partial charge is 0.308 e. The number of likely N-dealkylation sites (N-methyl/N-ethyl adjacent to an activating group) is 1. The molecule has 0 heterocycles. The summed E-state index contributed by atoms with van der Waals surface area (Å²) in [6, 6.07) is 3.73. The lowest BCUT2D eigenvalue weighted by Gasteiger charge is -2.15. The van der Waals surface area contributed by atoms with Crippen molar-refractivity contribution in [3.63, 3.8) is 0 Å². The van der Waals surface area contributed by atoms with E-state index in [1.54, 1.807) is 0 Å². The summed E-state index contributed by atoms with van der Waals surface area (Å²) in [4.78, 5) is 1.89. The third-order valence-corrected chi connectivity index (χ3v) is 2.22. The first-order valence-electron chi connectivity index (χ1n) is 4.24. The fraction of sp³-hybridized carbons (Fsp3) is 0.400. The molecule has 1 aromatic rings. The van der Waals surface area contributed by atoms with Crippen LogP contribution in [0.25, 0.3) is 0 Å². The Morgan fingerprint density at radius 1 is 1.27 bits per heavy atom. The van der Waals surface area contributed by atoms with Crippen LogP contribution >= 0.6 is 24.0 Å². The molecule has 0 aliphatic heterocycles. The van der Waals surface area contributed by atoms with Crippen molar-refractivity contribution < 1.29 is 8.78 Å². The summed E-state index contributed by atoms with van der Waals surface area (Å²) < 4.78 is 25.4. The zero-order valence-corrected chi connectivity index (χ0v) is 10.1. The molecule has 0 saturated heterocycles. The van der Waals surface area contributed by atoms with Gasteiger partial charge in [-0.3, -0.25) is 0 Å². The summed E-state index contributed by atoms with van der Waals surface area (Å²) in [6.07, 6.45) is 0. The van der Waals surface area contributed by atoms with Crippen LogP contribution in [-0.4, -0.2) is 25.5 Å². The van der Waals surface area contributed by atoms with Gasteiger partial charge in [-0.25, -0.2) is 8.78 Å². The maximum Gasteiger partial charge on any atom is 0.159 e. The number of alkyl halides is 1. The van der Waals surface area contributed by atoms with E-state index in [1.165, 1.54) is 6.07 Å². The van der Waals surface area contributed by atoms with Crippen LogP contribution in [0.3, 0.4) is 0 Å². The Bertz CT molecular complexity index is 318. The molecule has 1 unspecified atom stereocenters. The highest BCUT2D eigenvalue weighted by Gasteiger charge is 2.11. The molecular formula is C10H13Cl2F2N. The van der Waals surface area contributed by atoms with Gasteiger partial charge in [-0.15, -0.1) is 24.0 Å². The third kappa shape index (κ3) is 4.33. The molecule has 1 rings (SSSR count). The molecule has 0 spiro atoms. The van der Waals surface area contributed by atoms with Crippen LogP contribution in [-0.2, 0) is 0 Å². The minimum absolute atomic E-state index is 0. The van der Waals surface area contributed by atoms with Gasteiger partial charge in [0.1, 0.15) is 0 Å². The van der Waals surface area contributed by atoms with Crippen LogP contribution in [0, 0.1) is 11.6 Å². The first kappa shape index (κ1) is 14.6. The van der Waals surface area contributed by atoms with Crippen molar-refractivity contribution in [2.24, 2.45) is 0 Å². The number of benzene rings is 1. The molecular weight excluding hydrogens is 243 g/mol. The van der Waals surface area contributed by atoms with E-state index >= 15 is 0 Å². The first-order valence-corrected chi connectivity index (χ1v) is 4.68. The van der Waals surface area contributed by atoms with Crippen molar-refractivity contribution in [2.45, 2.75) is 5.38 Å². The molecule has 0 radical (unpaired) electrons. The normalized spacial score (nSPS) is 12.4. The molecule has 0 fully saturated rings. The van der Waals surface area contributed by atoms with Gasteiger partial charge in [0.05, 0.1) is 5.38 Å². The average molecular weight is 256 g/mol. The second-order valence-electron chi connectivity index (χ2n) is 3.40. The maximum atomic E-state index is 12.8. The fourth-order valence-corrected chi connectivity index (χ4v) is 1.54. The highest BCUT2D eigenvalue weighted by Crippen LogP contribution is 2.22. The van der Waals surface area contributed by atoms with Gasteiger partial charge in [0.15, 0.2) is 11.6 Å². The number of halogens is 4. The summed E-state index contributed by atoms with van der Waals surface area (Å²) in [5, 5.41) is -0.319. The predicted molar refractivity (Wildman–Crippen MR) is 60.8 cm³/mol. The predicted octanol–water partition coefficient (Wildman–Crippen LogP) is 3.23. The minimum Gasteiger partial charge on any atom is -0.308 e. The van der Waals surface area contributed by atoms with E-state index in [-0.39, 0.29) is 17.8 Å². The van der Waals surface area contributed by atoms with Crippen molar-refractivity contribution in [1.82, 2.24) is 4.90 Å². The van der Waals surface area contributed by atoms with Crippen LogP contribution < -0.4 is 0 Å². The maximum absolute atomic E-state index is 12.8. The molecule has 0 aliphatic rings. The van der Waals surface area contributed by atoms with E-state index in [4.69, 9.17) is 11.6 Å². The van der Waals surface area contributed by atoms with Gasteiger partial charge in [-0.05, 0) is 31.8 Å². The van der Waals surface area contributed by atoms with E-state index < -0.39 is 11.6 Å². The number of hydrogen-bond acceptors (Lipinski definition) is 1. The van der Waals surface area contributed by atoms with Gasteiger partial charge < -0.3 is 4.90 Å². The Morgan fingerprint density at radius 3 is 2.33 bits per heavy atom. The summed E-state index contributed by atoms with van der Waals surface area (Å²) in [6.45, 7) is 0.590. The van der Waals surface area contributed by atoms with Crippen LogP contribution in [0.4, 0.5) is 8.78 Å². The van der Waals surface area contributed by atoms with E-state index in [1.807, 2.05) is 19.0 Å². The van der Waals surface area contributed by atoms with Gasteiger partial charge in [0, 0.05) is 6.54 Å². The lowest BCUT2D eigenvalue weighted by atomic mass is 10.1. The summed E-state index contributed by atoms with van der Waals surface area (Å²) in [5.74, 6) is -1.70. The Balaban J connectivity index is 0.00000196.